The molecule has 4 nitrogen and oxygen atoms in total. The predicted octanol–water partition coefficient (Wildman–Crippen LogP) is 1.27. The van der Waals surface area contributed by atoms with Crippen LogP contribution >= 0.6 is 0 Å². The van der Waals surface area contributed by atoms with Gasteiger partial charge in [0.2, 0.25) is 0 Å². The fraction of sp³-hybridized carbons (Fsp3) is 0.583. The standard InChI is InChI=1S/C12H21N3O/c1-16-9-3-5-12(15-13)7-6-11-4-2-8-14-10-11/h2,4,8,10,12,15H,3,5-7,9,13H2,1H3. The minimum atomic E-state index is 0.357. The summed E-state index contributed by atoms with van der Waals surface area (Å²) in [6, 6.07) is 4.41. The summed E-state index contributed by atoms with van der Waals surface area (Å²) in [5, 5.41) is 0. The van der Waals surface area contributed by atoms with Crippen molar-refractivity contribution in [1.82, 2.24) is 10.4 Å². The maximum Gasteiger partial charge on any atom is 0.0462 e. The number of hydrogen-bond acceptors (Lipinski definition) is 4. The molecule has 1 atom stereocenters. The largest absolute Gasteiger partial charge is 0.385 e. The molecule has 1 rings (SSSR count). The van der Waals surface area contributed by atoms with Crippen molar-refractivity contribution < 1.29 is 4.74 Å². The molecule has 3 N–H and O–H groups in total. The Morgan fingerprint density at radius 1 is 1.50 bits per heavy atom. The van der Waals surface area contributed by atoms with Crippen molar-refractivity contribution in [2.75, 3.05) is 13.7 Å². The number of hydrogen-bond donors (Lipinski definition) is 2. The third kappa shape index (κ3) is 5.21. The monoisotopic (exact) mass is 223 g/mol. The van der Waals surface area contributed by atoms with Gasteiger partial charge in [0.05, 0.1) is 0 Å². The van der Waals surface area contributed by atoms with Gasteiger partial charge in [0, 0.05) is 32.2 Å². The Morgan fingerprint density at radius 2 is 2.38 bits per heavy atom. The first-order valence-electron chi connectivity index (χ1n) is 5.70. The topological polar surface area (TPSA) is 60.2 Å². The van der Waals surface area contributed by atoms with Gasteiger partial charge in [-0.25, -0.2) is 0 Å². The van der Waals surface area contributed by atoms with Crippen LogP contribution in [0.1, 0.15) is 24.8 Å². The second kappa shape index (κ2) is 8.21. The third-order valence-corrected chi connectivity index (χ3v) is 2.64. The summed E-state index contributed by atoms with van der Waals surface area (Å²) in [6.45, 7) is 0.797. The Labute approximate surface area is 97.2 Å². The molecule has 4 heteroatoms. The summed E-state index contributed by atoms with van der Waals surface area (Å²) in [7, 11) is 1.72. The highest BCUT2D eigenvalue weighted by molar-refractivity contribution is 5.08. The molecule has 0 aromatic carbocycles. The fourth-order valence-corrected chi connectivity index (χ4v) is 1.67. The van der Waals surface area contributed by atoms with Gasteiger partial charge in [-0.1, -0.05) is 6.07 Å². The van der Waals surface area contributed by atoms with Gasteiger partial charge in [0.25, 0.3) is 0 Å². The minimum Gasteiger partial charge on any atom is -0.385 e. The molecule has 0 aliphatic rings. The van der Waals surface area contributed by atoms with Gasteiger partial charge >= 0.3 is 0 Å². The first-order valence-corrected chi connectivity index (χ1v) is 5.70. The van der Waals surface area contributed by atoms with Crippen LogP contribution in [0.3, 0.4) is 0 Å². The first kappa shape index (κ1) is 13.1. The lowest BCUT2D eigenvalue weighted by Crippen LogP contribution is -2.35. The number of nitrogens with zero attached hydrogens (tertiary/aromatic N) is 1. The number of methoxy groups -OCH3 is 1. The molecule has 0 aliphatic carbocycles. The number of nitrogens with two attached hydrogens (primary N) is 1. The molecule has 0 radical (unpaired) electrons. The number of hydrazine groups is 1. The highest BCUT2D eigenvalue weighted by atomic mass is 16.5. The molecule has 0 saturated heterocycles. The van der Waals surface area contributed by atoms with E-state index in [0.29, 0.717) is 6.04 Å². The highest BCUT2D eigenvalue weighted by Gasteiger charge is 2.06. The fourth-order valence-electron chi connectivity index (χ4n) is 1.67. The van der Waals surface area contributed by atoms with Crippen LogP contribution in [-0.4, -0.2) is 24.7 Å². The Kier molecular flexibility index (Phi) is 6.72. The maximum absolute atomic E-state index is 5.51. The Morgan fingerprint density at radius 3 is 3.00 bits per heavy atom. The lowest BCUT2D eigenvalue weighted by molar-refractivity contribution is 0.188. The van der Waals surface area contributed by atoms with E-state index in [4.69, 9.17) is 10.6 Å². The van der Waals surface area contributed by atoms with E-state index in [1.807, 2.05) is 12.3 Å². The number of aryl methyl sites for hydroxylation is 1. The number of rotatable bonds is 8. The molecule has 0 aliphatic heterocycles. The zero-order valence-electron chi connectivity index (χ0n) is 9.86. The molecular formula is C12H21N3O. The van der Waals surface area contributed by atoms with Gasteiger partial charge < -0.3 is 4.74 Å². The van der Waals surface area contributed by atoms with E-state index in [0.717, 1.165) is 32.3 Å². The second-order valence-electron chi connectivity index (χ2n) is 3.90. The summed E-state index contributed by atoms with van der Waals surface area (Å²) in [6.07, 6.45) is 7.83. The summed E-state index contributed by atoms with van der Waals surface area (Å²) < 4.78 is 5.02. The van der Waals surface area contributed by atoms with Gasteiger partial charge in [-0.2, -0.15) is 0 Å². The maximum atomic E-state index is 5.51. The molecule has 0 fully saturated rings. The first-order chi connectivity index (χ1) is 7.86. The van der Waals surface area contributed by atoms with Gasteiger partial charge in [0.15, 0.2) is 0 Å². The van der Waals surface area contributed by atoms with Crippen LogP contribution in [0.25, 0.3) is 0 Å². The van der Waals surface area contributed by atoms with Crippen molar-refractivity contribution in [2.24, 2.45) is 5.84 Å². The van der Waals surface area contributed by atoms with Crippen molar-refractivity contribution in [1.29, 1.82) is 0 Å². The third-order valence-electron chi connectivity index (χ3n) is 2.64. The predicted molar refractivity (Wildman–Crippen MR) is 64.8 cm³/mol. The normalized spacial score (nSPS) is 12.6. The van der Waals surface area contributed by atoms with Crippen LogP contribution in [0.15, 0.2) is 24.5 Å². The summed E-state index contributed by atoms with van der Waals surface area (Å²) in [5.74, 6) is 5.51. The molecule has 1 aromatic rings. The lowest BCUT2D eigenvalue weighted by atomic mass is 10.0. The van der Waals surface area contributed by atoms with E-state index in [-0.39, 0.29) is 0 Å². The molecule has 90 valence electrons. The molecule has 0 saturated carbocycles. The minimum absolute atomic E-state index is 0.357. The van der Waals surface area contributed by atoms with Crippen molar-refractivity contribution >= 4 is 0 Å². The Hall–Kier alpha value is -0.970. The van der Waals surface area contributed by atoms with Crippen molar-refractivity contribution in [3.05, 3.63) is 30.1 Å². The second-order valence-corrected chi connectivity index (χ2v) is 3.90. The average Bonchev–Trinajstić information content (AvgIpc) is 2.35. The molecule has 16 heavy (non-hydrogen) atoms. The Balaban J connectivity index is 2.23. The van der Waals surface area contributed by atoms with Gasteiger partial charge in [-0.15, -0.1) is 0 Å². The molecular weight excluding hydrogens is 202 g/mol. The van der Waals surface area contributed by atoms with Crippen molar-refractivity contribution in [2.45, 2.75) is 31.7 Å². The molecule has 1 unspecified atom stereocenters. The van der Waals surface area contributed by atoms with Gasteiger partial charge in [-0.05, 0) is 37.3 Å². The summed E-state index contributed by atoms with van der Waals surface area (Å²) in [5.41, 5.74) is 4.11. The van der Waals surface area contributed by atoms with Gasteiger partial charge in [-0.3, -0.25) is 16.3 Å². The number of ether oxygens (including phenoxy) is 1. The zero-order chi connectivity index (χ0) is 11.6. The van der Waals surface area contributed by atoms with E-state index in [1.54, 1.807) is 13.3 Å². The molecule has 1 aromatic heterocycles. The van der Waals surface area contributed by atoms with E-state index < -0.39 is 0 Å². The zero-order valence-corrected chi connectivity index (χ0v) is 9.86. The average molecular weight is 223 g/mol. The highest BCUT2D eigenvalue weighted by Crippen LogP contribution is 2.07. The Bertz CT molecular complexity index is 266. The SMILES string of the molecule is COCCCC(CCc1cccnc1)NN. The smallest absolute Gasteiger partial charge is 0.0462 e. The summed E-state index contributed by atoms with van der Waals surface area (Å²) >= 11 is 0. The van der Waals surface area contributed by atoms with E-state index in [2.05, 4.69) is 16.5 Å². The van der Waals surface area contributed by atoms with Crippen molar-refractivity contribution in [3.63, 3.8) is 0 Å². The molecule has 0 bridgehead atoms. The lowest BCUT2D eigenvalue weighted by Gasteiger charge is -2.15. The van der Waals surface area contributed by atoms with Crippen LogP contribution < -0.4 is 11.3 Å². The van der Waals surface area contributed by atoms with Crippen LogP contribution in [0, 0.1) is 0 Å². The van der Waals surface area contributed by atoms with E-state index in [1.165, 1.54) is 5.56 Å². The molecule has 0 amide bonds. The van der Waals surface area contributed by atoms with Crippen molar-refractivity contribution in [3.8, 4) is 0 Å². The van der Waals surface area contributed by atoms with Gasteiger partial charge in [0.1, 0.15) is 0 Å². The van der Waals surface area contributed by atoms with Crippen LogP contribution in [-0.2, 0) is 11.2 Å². The van der Waals surface area contributed by atoms with Crippen LogP contribution in [0.4, 0.5) is 0 Å². The number of aromatic nitrogens is 1. The molecule has 0 spiro atoms. The number of nitrogens with one attached hydrogen (secondary N) is 1. The van der Waals surface area contributed by atoms with Crippen LogP contribution in [0.5, 0.6) is 0 Å². The quantitative estimate of drug-likeness (QED) is 0.396. The van der Waals surface area contributed by atoms with E-state index >= 15 is 0 Å². The van der Waals surface area contributed by atoms with E-state index in [9.17, 15) is 0 Å². The molecule has 1 heterocycles. The number of pyridine rings is 1. The summed E-state index contributed by atoms with van der Waals surface area (Å²) in [4.78, 5) is 4.09. The van der Waals surface area contributed by atoms with Crippen LogP contribution in [0.2, 0.25) is 0 Å².